The Hall–Kier alpha value is -1.87. The summed E-state index contributed by atoms with van der Waals surface area (Å²) in [4.78, 5) is 0. The average Bonchev–Trinajstić information content (AvgIpc) is 2.34. The fourth-order valence-corrected chi connectivity index (χ4v) is 2.16. The molecule has 1 unspecified atom stereocenters. The molecule has 0 spiro atoms. The van der Waals surface area contributed by atoms with Crippen molar-refractivity contribution in [3.05, 3.63) is 58.9 Å². The van der Waals surface area contributed by atoms with E-state index in [4.69, 9.17) is 10.5 Å². The van der Waals surface area contributed by atoms with Gasteiger partial charge in [-0.2, -0.15) is 0 Å². The van der Waals surface area contributed by atoms with Crippen LogP contribution < -0.4 is 10.5 Å². The molecule has 3 heteroatoms. The molecule has 2 nitrogen and oxygen atoms in total. The SMILES string of the molecule is Cc1ccc(Oc2ccc(CC(C)N)cc2F)c(C)c1. The number of ether oxygens (including phenoxy) is 1. The summed E-state index contributed by atoms with van der Waals surface area (Å²) in [6.07, 6.45) is 0.654. The highest BCUT2D eigenvalue weighted by Gasteiger charge is 2.09. The van der Waals surface area contributed by atoms with Gasteiger partial charge in [-0.3, -0.25) is 0 Å². The van der Waals surface area contributed by atoms with Gasteiger partial charge in [-0.1, -0.05) is 23.8 Å². The highest BCUT2D eigenvalue weighted by atomic mass is 19.1. The molecule has 2 N–H and O–H groups in total. The van der Waals surface area contributed by atoms with E-state index < -0.39 is 0 Å². The Balaban J connectivity index is 2.21. The number of benzene rings is 2. The van der Waals surface area contributed by atoms with E-state index in [1.54, 1.807) is 6.07 Å². The van der Waals surface area contributed by atoms with Crippen LogP contribution in [0.25, 0.3) is 0 Å². The molecule has 2 aromatic carbocycles. The van der Waals surface area contributed by atoms with Crippen molar-refractivity contribution in [2.45, 2.75) is 33.2 Å². The van der Waals surface area contributed by atoms with Gasteiger partial charge in [0.2, 0.25) is 0 Å². The molecule has 2 rings (SSSR count). The third kappa shape index (κ3) is 3.58. The standard InChI is InChI=1S/C17H20FNO/c1-11-4-6-16(12(2)8-11)20-17-7-5-14(9-13(3)19)10-15(17)18/h4-8,10,13H,9,19H2,1-3H3. The first kappa shape index (κ1) is 14.5. The second-order valence-corrected chi connectivity index (χ2v) is 5.32. The van der Waals surface area contributed by atoms with Gasteiger partial charge in [0.05, 0.1) is 0 Å². The second kappa shape index (κ2) is 6.06. The average molecular weight is 273 g/mol. The predicted molar refractivity (Wildman–Crippen MR) is 79.7 cm³/mol. The van der Waals surface area contributed by atoms with Crippen molar-refractivity contribution in [3.8, 4) is 11.5 Å². The largest absolute Gasteiger partial charge is 0.454 e. The Morgan fingerprint density at radius 3 is 2.40 bits per heavy atom. The van der Waals surface area contributed by atoms with E-state index in [1.165, 1.54) is 6.07 Å². The molecular formula is C17H20FNO. The molecule has 0 bridgehead atoms. The monoisotopic (exact) mass is 273 g/mol. The quantitative estimate of drug-likeness (QED) is 0.909. The molecule has 106 valence electrons. The molecule has 0 aliphatic heterocycles. The summed E-state index contributed by atoms with van der Waals surface area (Å²) in [5.74, 6) is 0.558. The van der Waals surface area contributed by atoms with E-state index in [0.717, 1.165) is 16.7 Å². The van der Waals surface area contributed by atoms with Gasteiger partial charge in [-0.25, -0.2) is 4.39 Å². The maximum absolute atomic E-state index is 14.0. The summed E-state index contributed by atoms with van der Waals surface area (Å²) in [7, 11) is 0. The highest BCUT2D eigenvalue weighted by Crippen LogP contribution is 2.28. The lowest BCUT2D eigenvalue weighted by Gasteiger charge is -2.11. The van der Waals surface area contributed by atoms with Gasteiger partial charge >= 0.3 is 0 Å². The van der Waals surface area contributed by atoms with Crippen LogP contribution in [-0.2, 0) is 6.42 Å². The van der Waals surface area contributed by atoms with Gasteiger partial charge < -0.3 is 10.5 Å². The van der Waals surface area contributed by atoms with Crippen molar-refractivity contribution < 1.29 is 9.13 Å². The number of hydrogen-bond acceptors (Lipinski definition) is 2. The molecule has 0 saturated heterocycles. The Kier molecular flexibility index (Phi) is 4.40. The number of hydrogen-bond donors (Lipinski definition) is 1. The van der Waals surface area contributed by atoms with Crippen LogP contribution >= 0.6 is 0 Å². The lowest BCUT2D eigenvalue weighted by Crippen LogP contribution is -2.17. The zero-order valence-electron chi connectivity index (χ0n) is 12.1. The molecule has 0 aliphatic carbocycles. The molecule has 0 amide bonds. The molecule has 0 aliphatic rings. The van der Waals surface area contributed by atoms with Crippen molar-refractivity contribution in [2.24, 2.45) is 5.73 Å². The Bertz CT molecular complexity index is 608. The number of rotatable bonds is 4. The maximum atomic E-state index is 14.0. The first-order valence-electron chi connectivity index (χ1n) is 6.75. The minimum absolute atomic E-state index is 0.0144. The lowest BCUT2D eigenvalue weighted by atomic mass is 10.1. The van der Waals surface area contributed by atoms with Gasteiger partial charge in [0, 0.05) is 6.04 Å². The van der Waals surface area contributed by atoms with Crippen molar-refractivity contribution in [2.75, 3.05) is 0 Å². The fraction of sp³-hybridized carbons (Fsp3) is 0.294. The Labute approximate surface area is 119 Å². The van der Waals surface area contributed by atoms with Crippen LogP contribution in [0.3, 0.4) is 0 Å². The van der Waals surface area contributed by atoms with Gasteiger partial charge in [-0.05, 0) is 56.5 Å². The third-order valence-corrected chi connectivity index (χ3v) is 3.10. The van der Waals surface area contributed by atoms with Crippen LogP contribution in [0.4, 0.5) is 4.39 Å². The maximum Gasteiger partial charge on any atom is 0.165 e. The van der Waals surface area contributed by atoms with Crippen LogP contribution in [0.1, 0.15) is 23.6 Å². The summed E-state index contributed by atoms with van der Waals surface area (Å²) < 4.78 is 19.7. The van der Waals surface area contributed by atoms with E-state index >= 15 is 0 Å². The predicted octanol–water partition coefficient (Wildman–Crippen LogP) is 4.12. The first-order chi connectivity index (χ1) is 9.45. The summed E-state index contributed by atoms with van der Waals surface area (Å²) in [6.45, 7) is 5.86. The molecule has 0 radical (unpaired) electrons. The van der Waals surface area contributed by atoms with Crippen molar-refractivity contribution >= 4 is 0 Å². The topological polar surface area (TPSA) is 35.2 Å². The molecular weight excluding hydrogens is 253 g/mol. The van der Waals surface area contributed by atoms with Gasteiger partial charge in [-0.15, -0.1) is 0 Å². The summed E-state index contributed by atoms with van der Waals surface area (Å²) >= 11 is 0. The Morgan fingerprint density at radius 1 is 1.10 bits per heavy atom. The van der Waals surface area contributed by atoms with Crippen LogP contribution in [-0.4, -0.2) is 6.04 Å². The molecule has 0 fully saturated rings. The smallest absolute Gasteiger partial charge is 0.165 e. The first-order valence-corrected chi connectivity index (χ1v) is 6.75. The van der Waals surface area contributed by atoms with Crippen molar-refractivity contribution in [3.63, 3.8) is 0 Å². The fourth-order valence-electron chi connectivity index (χ4n) is 2.16. The number of aryl methyl sites for hydroxylation is 2. The zero-order chi connectivity index (χ0) is 14.7. The molecule has 0 saturated carbocycles. The van der Waals surface area contributed by atoms with E-state index in [9.17, 15) is 4.39 Å². The van der Waals surface area contributed by atoms with Crippen molar-refractivity contribution in [1.82, 2.24) is 0 Å². The number of nitrogens with two attached hydrogens (primary N) is 1. The van der Waals surface area contributed by atoms with E-state index in [2.05, 4.69) is 0 Å². The van der Waals surface area contributed by atoms with E-state index in [0.29, 0.717) is 12.2 Å². The van der Waals surface area contributed by atoms with Gasteiger partial charge in [0.15, 0.2) is 11.6 Å². The van der Waals surface area contributed by atoms with Gasteiger partial charge in [0.25, 0.3) is 0 Å². The molecule has 0 aromatic heterocycles. The van der Waals surface area contributed by atoms with Crippen molar-refractivity contribution in [1.29, 1.82) is 0 Å². The molecule has 2 aromatic rings. The normalized spacial score (nSPS) is 12.2. The van der Waals surface area contributed by atoms with Crippen LogP contribution in [0.15, 0.2) is 36.4 Å². The van der Waals surface area contributed by atoms with Crippen LogP contribution in [0, 0.1) is 19.7 Å². The molecule has 1 atom stereocenters. The van der Waals surface area contributed by atoms with E-state index in [-0.39, 0.29) is 17.6 Å². The zero-order valence-corrected chi connectivity index (χ0v) is 12.1. The van der Waals surface area contributed by atoms with E-state index in [1.807, 2.05) is 45.0 Å². The molecule has 0 heterocycles. The summed E-state index contributed by atoms with van der Waals surface area (Å²) in [5.41, 5.74) is 8.74. The molecule has 20 heavy (non-hydrogen) atoms. The summed E-state index contributed by atoms with van der Waals surface area (Å²) in [5, 5.41) is 0. The highest BCUT2D eigenvalue weighted by molar-refractivity contribution is 5.40. The number of halogens is 1. The Morgan fingerprint density at radius 2 is 1.80 bits per heavy atom. The van der Waals surface area contributed by atoms with Crippen LogP contribution in [0.5, 0.6) is 11.5 Å². The minimum atomic E-state index is -0.358. The second-order valence-electron chi connectivity index (χ2n) is 5.32. The van der Waals surface area contributed by atoms with Crippen LogP contribution in [0.2, 0.25) is 0 Å². The lowest BCUT2D eigenvalue weighted by molar-refractivity contribution is 0.438. The van der Waals surface area contributed by atoms with Gasteiger partial charge in [0.1, 0.15) is 5.75 Å². The third-order valence-electron chi connectivity index (χ3n) is 3.10. The summed E-state index contributed by atoms with van der Waals surface area (Å²) in [6, 6.07) is 10.8. The minimum Gasteiger partial charge on any atom is -0.454 e.